The third-order valence-electron chi connectivity index (χ3n) is 3.28. The fourth-order valence-corrected chi connectivity index (χ4v) is 2.15. The fourth-order valence-electron chi connectivity index (χ4n) is 2.15. The summed E-state index contributed by atoms with van der Waals surface area (Å²) in [5.41, 5.74) is 0.932. The summed E-state index contributed by atoms with van der Waals surface area (Å²) in [5, 5.41) is 17.2. The third-order valence-corrected chi connectivity index (χ3v) is 3.28. The number of rotatable bonds is 6. The largest absolute Gasteiger partial charge is 0.419 e. The molecule has 0 spiro atoms. The molecule has 1 aliphatic rings. The molecular formula is C14H17N3O2. The molecule has 0 aliphatic heterocycles. The van der Waals surface area contributed by atoms with Gasteiger partial charge < -0.3 is 9.52 Å². The van der Waals surface area contributed by atoms with Gasteiger partial charge in [-0.25, -0.2) is 0 Å². The van der Waals surface area contributed by atoms with Crippen molar-refractivity contribution in [2.75, 3.05) is 13.2 Å². The average molecular weight is 259 g/mol. The first-order valence-corrected chi connectivity index (χ1v) is 6.59. The standard InChI is InChI=1S/C14H17N3O2/c18-9-8-17(12-6-7-12)10-13-15-16-14(19-13)11-4-2-1-3-5-11/h1-5,12,18H,6-10H2. The molecule has 0 radical (unpaired) electrons. The lowest BCUT2D eigenvalue weighted by Gasteiger charge is -2.17. The number of aromatic nitrogens is 2. The van der Waals surface area contributed by atoms with Gasteiger partial charge in [-0.2, -0.15) is 0 Å². The number of aliphatic hydroxyl groups is 1. The number of benzene rings is 1. The summed E-state index contributed by atoms with van der Waals surface area (Å²) >= 11 is 0. The molecule has 1 aliphatic carbocycles. The quantitative estimate of drug-likeness (QED) is 0.855. The van der Waals surface area contributed by atoms with E-state index in [0.717, 1.165) is 5.56 Å². The lowest BCUT2D eigenvalue weighted by molar-refractivity contribution is 0.172. The van der Waals surface area contributed by atoms with E-state index in [1.165, 1.54) is 12.8 Å². The van der Waals surface area contributed by atoms with Crippen LogP contribution in [-0.2, 0) is 6.54 Å². The van der Waals surface area contributed by atoms with Gasteiger partial charge in [0.2, 0.25) is 11.8 Å². The average Bonchev–Trinajstić information content (AvgIpc) is 3.19. The molecule has 1 aromatic carbocycles. The van der Waals surface area contributed by atoms with E-state index in [9.17, 15) is 0 Å². The van der Waals surface area contributed by atoms with Gasteiger partial charge >= 0.3 is 0 Å². The van der Waals surface area contributed by atoms with E-state index < -0.39 is 0 Å². The van der Waals surface area contributed by atoms with Crippen LogP contribution in [0.5, 0.6) is 0 Å². The maximum absolute atomic E-state index is 9.07. The van der Waals surface area contributed by atoms with Gasteiger partial charge in [0.1, 0.15) is 0 Å². The molecule has 1 saturated carbocycles. The predicted octanol–water partition coefficient (Wildman–Crippen LogP) is 1.69. The first-order chi connectivity index (χ1) is 9.36. The van der Waals surface area contributed by atoms with E-state index in [1.54, 1.807) is 0 Å². The maximum atomic E-state index is 9.07. The number of hydrogen-bond donors (Lipinski definition) is 1. The fraction of sp³-hybridized carbons (Fsp3) is 0.429. The van der Waals surface area contributed by atoms with Crippen molar-refractivity contribution >= 4 is 0 Å². The van der Waals surface area contributed by atoms with E-state index >= 15 is 0 Å². The molecule has 0 unspecified atom stereocenters. The molecule has 100 valence electrons. The van der Waals surface area contributed by atoms with Crippen molar-refractivity contribution in [3.8, 4) is 11.5 Å². The van der Waals surface area contributed by atoms with Crippen LogP contribution in [-0.4, -0.2) is 39.4 Å². The highest BCUT2D eigenvalue weighted by Gasteiger charge is 2.29. The van der Waals surface area contributed by atoms with Crippen molar-refractivity contribution in [3.63, 3.8) is 0 Å². The Kier molecular flexibility index (Phi) is 3.57. The minimum absolute atomic E-state index is 0.163. The molecule has 1 N–H and O–H groups in total. The Morgan fingerprint density at radius 2 is 2.00 bits per heavy atom. The van der Waals surface area contributed by atoms with Crippen molar-refractivity contribution < 1.29 is 9.52 Å². The van der Waals surface area contributed by atoms with Gasteiger partial charge in [-0.15, -0.1) is 10.2 Å². The Hall–Kier alpha value is -1.72. The summed E-state index contributed by atoms with van der Waals surface area (Å²) in [6.45, 7) is 1.44. The zero-order chi connectivity index (χ0) is 13.1. The molecule has 3 rings (SSSR count). The molecule has 5 nitrogen and oxygen atoms in total. The molecule has 2 aromatic rings. The van der Waals surface area contributed by atoms with E-state index in [-0.39, 0.29) is 6.61 Å². The maximum Gasteiger partial charge on any atom is 0.247 e. The number of hydrogen-bond acceptors (Lipinski definition) is 5. The van der Waals surface area contributed by atoms with Crippen molar-refractivity contribution in [2.24, 2.45) is 0 Å². The second kappa shape index (κ2) is 5.50. The van der Waals surface area contributed by atoms with Crippen LogP contribution in [0, 0.1) is 0 Å². The Morgan fingerprint density at radius 1 is 1.21 bits per heavy atom. The molecular weight excluding hydrogens is 242 g/mol. The first kappa shape index (κ1) is 12.3. The van der Waals surface area contributed by atoms with Crippen LogP contribution in [0.15, 0.2) is 34.7 Å². The second-order valence-electron chi connectivity index (χ2n) is 4.79. The summed E-state index contributed by atoms with van der Waals surface area (Å²) in [6, 6.07) is 10.3. The Balaban J connectivity index is 1.70. The number of nitrogens with zero attached hydrogens (tertiary/aromatic N) is 3. The monoisotopic (exact) mass is 259 g/mol. The molecule has 0 amide bonds. The van der Waals surface area contributed by atoms with Crippen LogP contribution in [0.1, 0.15) is 18.7 Å². The topological polar surface area (TPSA) is 62.4 Å². The van der Waals surface area contributed by atoms with Gasteiger partial charge in [0.15, 0.2) is 0 Å². The van der Waals surface area contributed by atoms with Crippen molar-refractivity contribution in [1.82, 2.24) is 15.1 Å². The summed E-state index contributed by atoms with van der Waals surface area (Å²) in [6.07, 6.45) is 2.39. The predicted molar refractivity (Wildman–Crippen MR) is 70.3 cm³/mol. The zero-order valence-electron chi connectivity index (χ0n) is 10.7. The second-order valence-corrected chi connectivity index (χ2v) is 4.79. The van der Waals surface area contributed by atoms with Gasteiger partial charge in [-0.3, -0.25) is 4.90 Å². The summed E-state index contributed by atoms with van der Waals surface area (Å²) in [5.74, 6) is 1.16. The summed E-state index contributed by atoms with van der Waals surface area (Å²) in [4.78, 5) is 2.20. The smallest absolute Gasteiger partial charge is 0.247 e. The molecule has 1 heterocycles. The van der Waals surface area contributed by atoms with E-state index in [2.05, 4.69) is 15.1 Å². The van der Waals surface area contributed by atoms with E-state index in [0.29, 0.717) is 30.9 Å². The highest BCUT2D eigenvalue weighted by molar-refractivity contribution is 5.51. The van der Waals surface area contributed by atoms with E-state index in [1.807, 2.05) is 30.3 Å². The van der Waals surface area contributed by atoms with Crippen LogP contribution in [0.2, 0.25) is 0 Å². The number of aliphatic hydroxyl groups excluding tert-OH is 1. The Bertz CT molecular complexity index is 522. The van der Waals surface area contributed by atoms with Gasteiger partial charge in [-0.05, 0) is 25.0 Å². The Morgan fingerprint density at radius 3 is 2.68 bits per heavy atom. The van der Waals surface area contributed by atoms with Gasteiger partial charge in [0, 0.05) is 18.2 Å². The minimum atomic E-state index is 0.163. The first-order valence-electron chi connectivity index (χ1n) is 6.59. The molecule has 0 saturated heterocycles. The molecule has 1 aromatic heterocycles. The van der Waals surface area contributed by atoms with Crippen LogP contribution in [0.25, 0.3) is 11.5 Å². The van der Waals surface area contributed by atoms with Gasteiger partial charge in [0.05, 0.1) is 13.2 Å². The molecule has 1 fully saturated rings. The van der Waals surface area contributed by atoms with Crippen LogP contribution < -0.4 is 0 Å². The SMILES string of the molecule is OCCN(Cc1nnc(-c2ccccc2)o1)C1CC1. The van der Waals surface area contributed by atoms with Crippen LogP contribution in [0.3, 0.4) is 0 Å². The lowest BCUT2D eigenvalue weighted by Crippen LogP contribution is -2.28. The zero-order valence-corrected chi connectivity index (χ0v) is 10.7. The molecule has 0 bridgehead atoms. The minimum Gasteiger partial charge on any atom is -0.419 e. The van der Waals surface area contributed by atoms with E-state index in [4.69, 9.17) is 9.52 Å². The normalized spacial score (nSPS) is 15.1. The van der Waals surface area contributed by atoms with Crippen molar-refractivity contribution in [2.45, 2.75) is 25.4 Å². The van der Waals surface area contributed by atoms with Gasteiger partial charge in [-0.1, -0.05) is 18.2 Å². The highest BCUT2D eigenvalue weighted by Crippen LogP contribution is 2.28. The highest BCUT2D eigenvalue weighted by atomic mass is 16.4. The summed E-state index contributed by atoms with van der Waals surface area (Å²) in [7, 11) is 0. The van der Waals surface area contributed by atoms with Crippen molar-refractivity contribution in [1.29, 1.82) is 0 Å². The molecule has 5 heteroatoms. The van der Waals surface area contributed by atoms with Crippen LogP contribution in [0.4, 0.5) is 0 Å². The third kappa shape index (κ3) is 3.00. The van der Waals surface area contributed by atoms with Crippen molar-refractivity contribution in [3.05, 3.63) is 36.2 Å². The van der Waals surface area contributed by atoms with Crippen LogP contribution >= 0.6 is 0 Å². The molecule has 19 heavy (non-hydrogen) atoms. The summed E-state index contributed by atoms with van der Waals surface area (Å²) < 4.78 is 5.68. The van der Waals surface area contributed by atoms with Gasteiger partial charge in [0.25, 0.3) is 0 Å². The Labute approximate surface area is 111 Å². The lowest BCUT2D eigenvalue weighted by atomic mass is 10.2. The molecule has 0 atom stereocenters.